The summed E-state index contributed by atoms with van der Waals surface area (Å²) >= 11 is 0. The molecule has 4 rings (SSSR count). The van der Waals surface area contributed by atoms with Crippen molar-refractivity contribution < 1.29 is 9.53 Å². The molecule has 4 aromatic rings. The number of carbonyl (C=O) groups excluding carboxylic acids is 1. The topological polar surface area (TPSA) is 100 Å². The lowest BCUT2D eigenvalue weighted by molar-refractivity contribution is -0.121. The van der Waals surface area contributed by atoms with Crippen LogP contribution in [-0.2, 0) is 30.8 Å². The third-order valence-electron chi connectivity index (χ3n) is 5.70. The van der Waals surface area contributed by atoms with E-state index in [9.17, 15) is 14.4 Å². The van der Waals surface area contributed by atoms with Gasteiger partial charge in [0.1, 0.15) is 12.3 Å². The highest BCUT2D eigenvalue weighted by Crippen LogP contribution is 2.12. The molecule has 0 saturated carbocycles. The molecule has 0 fully saturated rings. The van der Waals surface area contributed by atoms with Crippen LogP contribution in [0.1, 0.15) is 18.1 Å². The van der Waals surface area contributed by atoms with Crippen LogP contribution < -0.4 is 21.3 Å². The molecule has 0 unspecified atom stereocenters. The number of nitrogens with zero attached hydrogens (tertiary/aromatic N) is 4. The molecule has 0 spiro atoms. The summed E-state index contributed by atoms with van der Waals surface area (Å²) in [6.07, 6.45) is 2.16. The van der Waals surface area contributed by atoms with Crippen molar-refractivity contribution in [2.45, 2.75) is 33.0 Å². The van der Waals surface area contributed by atoms with Gasteiger partial charge in [0.15, 0.2) is 11.2 Å². The molecule has 0 aliphatic rings. The van der Waals surface area contributed by atoms with Gasteiger partial charge in [-0.2, -0.15) is 0 Å². The molecule has 9 nitrogen and oxygen atoms in total. The number of aromatic nitrogens is 4. The van der Waals surface area contributed by atoms with E-state index in [1.54, 1.807) is 18.0 Å². The smallest absolute Gasteiger partial charge is 0.333 e. The first-order chi connectivity index (χ1) is 16.5. The molecule has 0 aliphatic heterocycles. The van der Waals surface area contributed by atoms with Crippen LogP contribution in [0.25, 0.3) is 11.2 Å². The van der Waals surface area contributed by atoms with E-state index in [4.69, 9.17) is 4.74 Å². The van der Waals surface area contributed by atoms with Crippen LogP contribution in [0.15, 0.2) is 70.5 Å². The van der Waals surface area contributed by atoms with Crippen molar-refractivity contribution in [2.24, 2.45) is 0 Å². The van der Waals surface area contributed by atoms with Gasteiger partial charge in [0.2, 0.25) is 5.91 Å². The van der Waals surface area contributed by atoms with Crippen molar-refractivity contribution in [1.82, 2.24) is 24.0 Å². The van der Waals surface area contributed by atoms with Crippen LogP contribution in [0.5, 0.6) is 5.75 Å². The monoisotopic (exact) mass is 461 g/mol. The molecule has 0 aliphatic carbocycles. The Kier molecular flexibility index (Phi) is 6.91. The van der Waals surface area contributed by atoms with E-state index in [2.05, 4.69) is 10.3 Å². The van der Waals surface area contributed by atoms with E-state index in [-0.39, 0.29) is 13.1 Å². The second kappa shape index (κ2) is 10.2. The third kappa shape index (κ3) is 4.78. The molecule has 0 atom stereocenters. The van der Waals surface area contributed by atoms with Gasteiger partial charge >= 0.3 is 5.69 Å². The second-order valence-corrected chi connectivity index (χ2v) is 7.90. The minimum atomic E-state index is -0.562. The molecule has 0 radical (unpaired) electrons. The zero-order valence-corrected chi connectivity index (χ0v) is 19.2. The quantitative estimate of drug-likeness (QED) is 0.410. The molecule has 1 amide bonds. The molecule has 176 valence electrons. The maximum Gasteiger partial charge on any atom is 0.333 e. The lowest BCUT2D eigenvalue weighted by Crippen LogP contribution is -2.44. The number of fused-ring (bicyclic) bond motifs is 1. The maximum absolute atomic E-state index is 13.3. The number of nitrogens with one attached hydrogen (secondary N) is 1. The fourth-order valence-corrected chi connectivity index (χ4v) is 3.86. The summed E-state index contributed by atoms with van der Waals surface area (Å²) in [4.78, 5) is 43.4. The summed E-state index contributed by atoms with van der Waals surface area (Å²) in [5, 5.41) is 2.80. The Morgan fingerprint density at radius 3 is 2.41 bits per heavy atom. The predicted octanol–water partition coefficient (Wildman–Crippen LogP) is 1.80. The van der Waals surface area contributed by atoms with Crippen molar-refractivity contribution in [3.05, 3.63) is 92.9 Å². The van der Waals surface area contributed by atoms with Gasteiger partial charge in [-0.05, 0) is 36.6 Å². The summed E-state index contributed by atoms with van der Waals surface area (Å²) in [6, 6.07) is 17.0. The minimum Gasteiger partial charge on any atom is -0.497 e. The molecule has 1 N–H and O–H groups in total. The van der Waals surface area contributed by atoms with Gasteiger partial charge < -0.3 is 14.6 Å². The van der Waals surface area contributed by atoms with Crippen molar-refractivity contribution in [1.29, 1.82) is 0 Å². The number of hydrogen-bond acceptors (Lipinski definition) is 5. The van der Waals surface area contributed by atoms with E-state index in [1.807, 2.05) is 61.5 Å². The molecule has 0 saturated heterocycles. The highest BCUT2D eigenvalue weighted by atomic mass is 16.5. The normalized spacial score (nSPS) is 11.0. The van der Waals surface area contributed by atoms with Gasteiger partial charge in [0, 0.05) is 13.1 Å². The van der Waals surface area contributed by atoms with E-state index < -0.39 is 17.2 Å². The van der Waals surface area contributed by atoms with Crippen molar-refractivity contribution in [3.63, 3.8) is 0 Å². The molecular weight excluding hydrogens is 434 g/mol. The number of ether oxygens (including phenoxy) is 1. The standard InChI is InChI=1S/C25H27N5O4/c1-3-28-17-27-23-22(28)24(32)30(25(33)29(23)15-19-7-5-4-6-8-19)16-21(31)26-14-13-18-9-11-20(34-2)12-10-18/h4-12,17H,3,13-16H2,1-2H3,(H,26,31). The maximum atomic E-state index is 13.3. The van der Waals surface area contributed by atoms with Crippen molar-refractivity contribution in [2.75, 3.05) is 13.7 Å². The fraction of sp³-hybridized carbons (Fsp3) is 0.280. The van der Waals surface area contributed by atoms with Crippen LogP contribution in [0, 0.1) is 0 Å². The Morgan fingerprint density at radius 1 is 1.00 bits per heavy atom. The zero-order valence-electron chi connectivity index (χ0n) is 19.2. The first kappa shape index (κ1) is 23.0. The molecule has 2 aromatic carbocycles. The number of amides is 1. The summed E-state index contributed by atoms with van der Waals surface area (Å²) in [7, 11) is 1.61. The highest BCUT2D eigenvalue weighted by molar-refractivity contribution is 5.76. The number of carbonyl (C=O) groups is 1. The number of hydrogen-bond donors (Lipinski definition) is 1. The zero-order chi connectivity index (χ0) is 24.1. The SMILES string of the molecule is CCn1cnc2c1c(=O)n(CC(=O)NCCc1ccc(OC)cc1)c(=O)n2Cc1ccccc1. The van der Waals surface area contributed by atoms with Crippen LogP contribution in [-0.4, -0.2) is 38.2 Å². The van der Waals surface area contributed by atoms with E-state index >= 15 is 0 Å². The van der Waals surface area contributed by atoms with Gasteiger partial charge in [0.25, 0.3) is 5.56 Å². The van der Waals surface area contributed by atoms with E-state index in [1.165, 1.54) is 4.57 Å². The molecule has 9 heteroatoms. The van der Waals surface area contributed by atoms with Gasteiger partial charge in [-0.25, -0.2) is 14.3 Å². The molecular formula is C25H27N5O4. The summed E-state index contributed by atoms with van der Waals surface area (Å²) in [6.45, 7) is 2.68. The summed E-state index contributed by atoms with van der Waals surface area (Å²) in [5.41, 5.74) is 1.48. The Bertz CT molecular complexity index is 1400. The average molecular weight is 462 g/mol. The van der Waals surface area contributed by atoms with Crippen molar-refractivity contribution >= 4 is 17.1 Å². The largest absolute Gasteiger partial charge is 0.497 e. The van der Waals surface area contributed by atoms with Gasteiger partial charge in [-0.15, -0.1) is 0 Å². The molecule has 0 bridgehead atoms. The van der Waals surface area contributed by atoms with Crippen LogP contribution in [0.3, 0.4) is 0 Å². The fourth-order valence-electron chi connectivity index (χ4n) is 3.86. The number of aryl methyl sites for hydroxylation is 1. The summed E-state index contributed by atoms with van der Waals surface area (Å²) < 4.78 is 9.28. The van der Waals surface area contributed by atoms with Crippen molar-refractivity contribution in [3.8, 4) is 5.75 Å². The van der Waals surface area contributed by atoms with Crippen LogP contribution in [0.4, 0.5) is 0 Å². The Balaban J connectivity index is 1.57. The van der Waals surface area contributed by atoms with Gasteiger partial charge in [-0.1, -0.05) is 42.5 Å². The minimum absolute atomic E-state index is 0.246. The lowest BCUT2D eigenvalue weighted by atomic mass is 10.1. The molecule has 34 heavy (non-hydrogen) atoms. The molecule has 2 aromatic heterocycles. The first-order valence-corrected chi connectivity index (χ1v) is 11.1. The second-order valence-electron chi connectivity index (χ2n) is 7.90. The number of benzene rings is 2. The molecule has 2 heterocycles. The van der Waals surface area contributed by atoms with E-state index in [0.717, 1.165) is 21.4 Å². The van der Waals surface area contributed by atoms with Crippen LogP contribution in [0.2, 0.25) is 0 Å². The average Bonchev–Trinajstić information content (AvgIpc) is 3.30. The Hall–Kier alpha value is -4.14. The Labute approximate surface area is 196 Å². The number of methoxy groups -OCH3 is 1. The lowest BCUT2D eigenvalue weighted by Gasteiger charge is -2.13. The Morgan fingerprint density at radius 2 is 1.74 bits per heavy atom. The predicted molar refractivity (Wildman–Crippen MR) is 129 cm³/mol. The summed E-state index contributed by atoms with van der Waals surface area (Å²) in [5.74, 6) is 0.363. The first-order valence-electron chi connectivity index (χ1n) is 11.1. The highest BCUT2D eigenvalue weighted by Gasteiger charge is 2.19. The number of rotatable bonds is 9. The van der Waals surface area contributed by atoms with Gasteiger partial charge in [0.05, 0.1) is 20.0 Å². The van der Waals surface area contributed by atoms with E-state index in [0.29, 0.717) is 30.7 Å². The third-order valence-corrected chi connectivity index (χ3v) is 5.70. The van der Waals surface area contributed by atoms with Gasteiger partial charge in [-0.3, -0.25) is 14.2 Å². The van der Waals surface area contributed by atoms with Crippen LogP contribution >= 0.6 is 0 Å². The number of imidazole rings is 1.